The van der Waals surface area contributed by atoms with Crippen molar-refractivity contribution < 1.29 is 28.9 Å². The molecule has 0 amide bonds. The van der Waals surface area contributed by atoms with Gasteiger partial charge in [0.2, 0.25) is 0 Å². The van der Waals surface area contributed by atoms with E-state index in [1.807, 2.05) is 19.1 Å². The summed E-state index contributed by atoms with van der Waals surface area (Å²) in [5.74, 6) is -0.523. The van der Waals surface area contributed by atoms with Gasteiger partial charge in [-0.15, -0.1) is 0 Å². The standard InChI is InChI=1S/C25H33NO6/c1-18-7-3-2-4-10-20-15-21(16-22(20)23(27)11-12-24(28)31-18)32-25(29)30-14-6-9-19-8-5-13-26-17-19/h4-5,8,10-13,17-18,20-23,27H,2-3,6-7,9,14-16H2,1H3/b10-4+,12-11+/t18-,20+,21-,22+,23+/m0/s1. The number of aryl methyl sites for hydroxylation is 1. The van der Waals surface area contributed by atoms with Gasteiger partial charge in [-0.25, -0.2) is 9.59 Å². The molecule has 1 fully saturated rings. The van der Waals surface area contributed by atoms with Gasteiger partial charge in [-0.3, -0.25) is 4.98 Å². The molecule has 0 spiro atoms. The molecule has 1 saturated carbocycles. The molecule has 174 valence electrons. The lowest BCUT2D eigenvalue weighted by Crippen LogP contribution is -2.22. The Labute approximate surface area is 189 Å². The zero-order chi connectivity index (χ0) is 22.8. The second-order valence-corrected chi connectivity index (χ2v) is 8.56. The molecular formula is C25H33NO6. The second kappa shape index (κ2) is 12.4. The fraction of sp³-hybridized carbons (Fsp3) is 0.560. The zero-order valence-electron chi connectivity index (χ0n) is 18.6. The van der Waals surface area contributed by atoms with Crippen LogP contribution in [0, 0.1) is 11.8 Å². The fourth-order valence-electron chi connectivity index (χ4n) is 4.32. The molecule has 0 unspecified atom stereocenters. The lowest BCUT2D eigenvalue weighted by molar-refractivity contribution is -0.142. The van der Waals surface area contributed by atoms with Gasteiger partial charge in [0.05, 0.1) is 18.8 Å². The highest BCUT2D eigenvalue weighted by Gasteiger charge is 2.38. The summed E-state index contributed by atoms with van der Waals surface area (Å²) >= 11 is 0. The van der Waals surface area contributed by atoms with Gasteiger partial charge in [0.25, 0.3) is 0 Å². The summed E-state index contributed by atoms with van der Waals surface area (Å²) in [6.45, 7) is 2.15. The van der Waals surface area contributed by atoms with Crippen molar-refractivity contribution in [1.29, 1.82) is 0 Å². The van der Waals surface area contributed by atoms with Gasteiger partial charge in [0, 0.05) is 18.5 Å². The molecule has 5 atom stereocenters. The van der Waals surface area contributed by atoms with Gasteiger partial charge in [0.15, 0.2) is 0 Å². The molecule has 1 aliphatic carbocycles. The molecule has 0 aromatic carbocycles. The first kappa shape index (κ1) is 24.0. The number of aliphatic hydroxyl groups is 1. The van der Waals surface area contributed by atoms with Crippen LogP contribution in [0.3, 0.4) is 0 Å². The van der Waals surface area contributed by atoms with Crippen LogP contribution in [-0.2, 0) is 25.4 Å². The smallest absolute Gasteiger partial charge is 0.460 e. The number of cyclic esters (lactones) is 1. The van der Waals surface area contributed by atoms with Crippen LogP contribution in [0.2, 0.25) is 0 Å². The lowest BCUT2D eigenvalue weighted by Gasteiger charge is -2.19. The van der Waals surface area contributed by atoms with E-state index in [4.69, 9.17) is 14.2 Å². The van der Waals surface area contributed by atoms with E-state index in [0.717, 1.165) is 31.2 Å². The molecule has 1 aromatic rings. The predicted molar refractivity (Wildman–Crippen MR) is 119 cm³/mol. The van der Waals surface area contributed by atoms with Gasteiger partial charge in [-0.2, -0.15) is 0 Å². The molecule has 7 nitrogen and oxygen atoms in total. The fourth-order valence-corrected chi connectivity index (χ4v) is 4.32. The molecular weight excluding hydrogens is 410 g/mol. The molecule has 1 aliphatic heterocycles. The van der Waals surface area contributed by atoms with E-state index < -0.39 is 18.2 Å². The van der Waals surface area contributed by atoms with Crippen molar-refractivity contribution in [2.45, 2.75) is 70.2 Å². The number of carbonyl (C=O) groups excluding carboxylic acids is 2. The summed E-state index contributed by atoms with van der Waals surface area (Å²) in [7, 11) is 0. The minimum atomic E-state index is -0.822. The van der Waals surface area contributed by atoms with Crippen LogP contribution in [-0.4, -0.2) is 47.1 Å². The van der Waals surface area contributed by atoms with E-state index >= 15 is 0 Å². The van der Waals surface area contributed by atoms with Crippen LogP contribution in [0.4, 0.5) is 4.79 Å². The summed E-state index contributed by atoms with van der Waals surface area (Å²) in [6, 6.07) is 3.87. The number of allylic oxidation sites excluding steroid dienone is 2. The third kappa shape index (κ3) is 7.79. The monoisotopic (exact) mass is 443 g/mol. The normalized spacial score (nSPS) is 30.6. The van der Waals surface area contributed by atoms with Gasteiger partial charge in [-0.05, 0) is 81.4 Å². The van der Waals surface area contributed by atoms with Gasteiger partial charge in [-0.1, -0.05) is 18.2 Å². The summed E-state index contributed by atoms with van der Waals surface area (Å²) in [4.78, 5) is 28.1. The van der Waals surface area contributed by atoms with Crippen molar-refractivity contribution >= 4 is 12.1 Å². The van der Waals surface area contributed by atoms with Crippen LogP contribution in [0.5, 0.6) is 0 Å². The number of ether oxygens (including phenoxy) is 3. The highest BCUT2D eigenvalue weighted by Crippen LogP contribution is 2.38. The topological polar surface area (TPSA) is 95.0 Å². The number of rotatable bonds is 5. The van der Waals surface area contributed by atoms with Gasteiger partial charge in [0.1, 0.15) is 6.10 Å². The number of aliphatic hydroxyl groups excluding tert-OH is 1. The van der Waals surface area contributed by atoms with Crippen molar-refractivity contribution in [2.75, 3.05) is 6.61 Å². The van der Waals surface area contributed by atoms with Gasteiger partial charge >= 0.3 is 12.1 Å². The minimum Gasteiger partial charge on any atom is -0.460 e. The van der Waals surface area contributed by atoms with Crippen LogP contribution in [0.15, 0.2) is 48.8 Å². The molecule has 0 radical (unpaired) electrons. The Hall–Kier alpha value is -2.67. The summed E-state index contributed by atoms with van der Waals surface area (Å²) in [5, 5.41) is 10.6. The second-order valence-electron chi connectivity index (χ2n) is 8.56. The summed E-state index contributed by atoms with van der Waals surface area (Å²) in [6.07, 6.45) is 13.7. The third-order valence-electron chi connectivity index (χ3n) is 5.99. The molecule has 1 N–H and O–H groups in total. The molecule has 2 aliphatic rings. The van der Waals surface area contributed by atoms with Crippen molar-refractivity contribution in [3.63, 3.8) is 0 Å². The summed E-state index contributed by atoms with van der Waals surface area (Å²) < 4.78 is 16.1. The van der Waals surface area contributed by atoms with E-state index in [0.29, 0.717) is 19.3 Å². The Morgan fingerprint density at radius 1 is 1.31 bits per heavy atom. The SMILES string of the molecule is C[C@H]1CCC/C=C/[C@@H]2C[C@H](OC(=O)OCCCc3cccnc3)C[C@H]2[C@H](O)/C=C/C(=O)O1. The molecule has 1 aromatic heterocycles. The number of aromatic nitrogens is 1. The van der Waals surface area contributed by atoms with E-state index in [9.17, 15) is 14.7 Å². The Morgan fingerprint density at radius 2 is 2.19 bits per heavy atom. The first-order valence-corrected chi connectivity index (χ1v) is 11.5. The summed E-state index contributed by atoms with van der Waals surface area (Å²) in [5.41, 5.74) is 1.10. The van der Waals surface area contributed by atoms with Crippen molar-refractivity contribution in [3.05, 3.63) is 54.4 Å². The highest BCUT2D eigenvalue weighted by atomic mass is 16.7. The Morgan fingerprint density at radius 3 is 3.00 bits per heavy atom. The van der Waals surface area contributed by atoms with Crippen LogP contribution < -0.4 is 0 Å². The Balaban J connectivity index is 1.49. The predicted octanol–water partition coefficient (Wildman–Crippen LogP) is 4.15. The van der Waals surface area contributed by atoms with Crippen molar-refractivity contribution in [2.24, 2.45) is 11.8 Å². The Bertz CT molecular complexity index is 793. The maximum atomic E-state index is 12.1. The van der Waals surface area contributed by atoms with Crippen LogP contribution in [0.25, 0.3) is 0 Å². The van der Waals surface area contributed by atoms with Crippen LogP contribution in [0.1, 0.15) is 51.0 Å². The number of nitrogens with zero attached hydrogens (tertiary/aromatic N) is 1. The van der Waals surface area contributed by atoms with E-state index in [2.05, 4.69) is 17.1 Å². The van der Waals surface area contributed by atoms with Crippen molar-refractivity contribution in [1.82, 2.24) is 4.98 Å². The Kier molecular flexibility index (Phi) is 9.28. The first-order valence-electron chi connectivity index (χ1n) is 11.5. The quantitative estimate of drug-likeness (QED) is 0.415. The number of hydrogen-bond acceptors (Lipinski definition) is 7. The number of hydrogen-bond donors (Lipinski definition) is 1. The van der Waals surface area contributed by atoms with Crippen LogP contribution >= 0.6 is 0 Å². The maximum Gasteiger partial charge on any atom is 0.508 e. The molecule has 2 heterocycles. The molecule has 0 saturated heterocycles. The number of esters is 1. The third-order valence-corrected chi connectivity index (χ3v) is 5.99. The van der Waals surface area contributed by atoms with E-state index in [1.165, 1.54) is 12.2 Å². The van der Waals surface area contributed by atoms with Crippen molar-refractivity contribution in [3.8, 4) is 0 Å². The molecule has 3 rings (SSSR count). The largest absolute Gasteiger partial charge is 0.508 e. The molecule has 7 heteroatoms. The average Bonchev–Trinajstić information content (AvgIpc) is 3.17. The number of carbonyl (C=O) groups is 2. The highest BCUT2D eigenvalue weighted by molar-refractivity contribution is 5.82. The average molecular weight is 444 g/mol. The van der Waals surface area contributed by atoms with E-state index in [1.54, 1.807) is 12.4 Å². The molecule has 32 heavy (non-hydrogen) atoms. The lowest BCUT2D eigenvalue weighted by atomic mass is 9.90. The minimum absolute atomic E-state index is 0.0622. The molecule has 0 bridgehead atoms. The first-order chi connectivity index (χ1) is 15.5. The van der Waals surface area contributed by atoms with E-state index in [-0.39, 0.29) is 30.7 Å². The number of pyridine rings is 1. The maximum absolute atomic E-state index is 12.1. The number of fused-ring (bicyclic) bond motifs is 1. The zero-order valence-corrected chi connectivity index (χ0v) is 18.6. The van der Waals surface area contributed by atoms with Gasteiger partial charge < -0.3 is 19.3 Å².